The molecule has 28 heavy (non-hydrogen) atoms. The Balaban J connectivity index is 1.83. The third kappa shape index (κ3) is 6.20. The number of carbonyl (C=O) groups is 3. The van der Waals surface area contributed by atoms with Gasteiger partial charge >= 0.3 is 0 Å². The molecule has 0 unspecified atom stereocenters. The third-order valence-corrected chi connectivity index (χ3v) is 3.95. The molecule has 0 aliphatic carbocycles. The van der Waals surface area contributed by atoms with Gasteiger partial charge in [0, 0.05) is 12.6 Å². The van der Waals surface area contributed by atoms with Gasteiger partial charge in [-0.1, -0.05) is 35.0 Å². The van der Waals surface area contributed by atoms with Gasteiger partial charge in [-0.2, -0.15) is 0 Å². The first-order chi connectivity index (χ1) is 13.3. The van der Waals surface area contributed by atoms with Crippen molar-refractivity contribution >= 4 is 17.7 Å². The molecule has 0 aliphatic rings. The molecular weight excluding hydrogens is 364 g/mol. The van der Waals surface area contributed by atoms with E-state index in [2.05, 4.69) is 21.1 Å². The molecule has 4 N–H and O–H groups in total. The highest BCUT2D eigenvalue weighted by Gasteiger charge is 2.27. The topological polar surface area (TPSA) is 134 Å². The third-order valence-electron chi connectivity index (χ3n) is 3.95. The Hall–Kier alpha value is -3.20. The zero-order chi connectivity index (χ0) is 20.7. The Morgan fingerprint density at radius 3 is 2.39 bits per heavy atom. The molecule has 0 saturated heterocycles. The molecule has 0 radical (unpaired) electrons. The fourth-order valence-corrected chi connectivity index (χ4v) is 2.34. The number of hydrogen-bond donors (Lipinski definition) is 4. The van der Waals surface area contributed by atoms with Crippen LogP contribution in [0.15, 0.2) is 34.9 Å². The van der Waals surface area contributed by atoms with E-state index in [0.29, 0.717) is 12.3 Å². The number of aromatic nitrogens is 1. The molecule has 0 saturated carbocycles. The Kier molecular flexibility index (Phi) is 7.28. The average Bonchev–Trinajstić information content (AvgIpc) is 3.09. The number of aliphatic hydroxyl groups is 1. The van der Waals surface area contributed by atoms with Crippen LogP contribution in [-0.4, -0.2) is 46.7 Å². The van der Waals surface area contributed by atoms with Gasteiger partial charge in [0.05, 0.1) is 12.6 Å². The molecule has 150 valence electrons. The predicted octanol–water partition coefficient (Wildman–Crippen LogP) is 0.203. The second-order valence-corrected chi connectivity index (χ2v) is 6.49. The van der Waals surface area contributed by atoms with Gasteiger partial charge in [0.15, 0.2) is 5.69 Å². The summed E-state index contributed by atoms with van der Waals surface area (Å²) >= 11 is 0. The largest absolute Gasteiger partial charge is 0.391 e. The molecule has 0 bridgehead atoms. The van der Waals surface area contributed by atoms with Crippen molar-refractivity contribution in [2.75, 3.05) is 6.54 Å². The summed E-state index contributed by atoms with van der Waals surface area (Å²) in [5, 5.41) is 20.8. The molecule has 0 spiro atoms. The molecule has 9 nitrogen and oxygen atoms in total. The maximum atomic E-state index is 12.3. The monoisotopic (exact) mass is 388 g/mol. The number of nitrogens with one attached hydrogen (secondary N) is 3. The van der Waals surface area contributed by atoms with Crippen LogP contribution in [0.5, 0.6) is 0 Å². The quantitative estimate of drug-likeness (QED) is 0.511. The van der Waals surface area contributed by atoms with Gasteiger partial charge < -0.3 is 25.6 Å². The Labute approximate surface area is 162 Å². The van der Waals surface area contributed by atoms with E-state index < -0.39 is 29.9 Å². The van der Waals surface area contributed by atoms with Crippen molar-refractivity contribution in [3.8, 4) is 0 Å². The number of nitrogens with zero attached hydrogens (tertiary/aromatic N) is 1. The van der Waals surface area contributed by atoms with E-state index in [-0.39, 0.29) is 12.2 Å². The van der Waals surface area contributed by atoms with Gasteiger partial charge in [-0.15, -0.1) is 0 Å². The van der Waals surface area contributed by atoms with Gasteiger partial charge in [-0.3, -0.25) is 14.4 Å². The van der Waals surface area contributed by atoms with Crippen LogP contribution in [0.3, 0.4) is 0 Å². The summed E-state index contributed by atoms with van der Waals surface area (Å²) in [6, 6.07) is 7.85. The van der Waals surface area contributed by atoms with Gasteiger partial charge in [0.1, 0.15) is 11.8 Å². The lowest BCUT2D eigenvalue weighted by Crippen LogP contribution is -2.53. The SMILES string of the molecule is Cc1ccc(CNC(=O)CNC(=O)[C@@H](NC(=O)c2cc(C)on2)[C@@H](C)O)cc1. The molecule has 2 aromatic rings. The van der Waals surface area contributed by atoms with Crippen LogP contribution in [0.25, 0.3) is 0 Å². The van der Waals surface area contributed by atoms with Gasteiger partial charge in [0.2, 0.25) is 11.8 Å². The van der Waals surface area contributed by atoms with Crippen molar-refractivity contribution in [3.05, 3.63) is 52.9 Å². The first-order valence-electron chi connectivity index (χ1n) is 8.78. The van der Waals surface area contributed by atoms with E-state index in [1.807, 2.05) is 31.2 Å². The van der Waals surface area contributed by atoms with E-state index in [1.54, 1.807) is 6.92 Å². The van der Waals surface area contributed by atoms with Crippen molar-refractivity contribution in [3.63, 3.8) is 0 Å². The first-order valence-corrected chi connectivity index (χ1v) is 8.78. The van der Waals surface area contributed by atoms with Crippen molar-refractivity contribution < 1.29 is 24.0 Å². The van der Waals surface area contributed by atoms with Crippen molar-refractivity contribution in [2.45, 2.75) is 39.5 Å². The summed E-state index contributed by atoms with van der Waals surface area (Å²) in [6.07, 6.45) is -1.17. The number of hydrogen-bond acceptors (Lipinski definition) is 6. The smallest absolute Gasteiger partial charge is 0.274 e. The Bertz CT molecular complexity index is 829. The summed E-state index contributed by atoms with van der Waals surface area (Å²) in [6.45, 7) is 5.00. The summed E-state index contributed by atoms with van der Waals surface area (Å²) in [5.41, 5.74) is 2.04. The molecule has 1 aromatic heterocycles. The Morgan fingerprint density at radius 1 is 1.14 bits per heavy atom. The second kappa shape index (κ2) is 9.65. The van der Waals surface area contributed by atoms with Crippen molar-refractivity contribution in [2.24, 2.45) is 0 Å². The van der Waals surface area contributed by atoms with Crippen LogP contribution >= 0.6 is 0 Å². The van der Waals surface area contributed by atoms with Gasteiger partial charge in [-0.25, -0.2) is 0 Å². The molecule has 2 atom stereocenters. The predicted molar refractivity (Wildman–Crippen MR) is 100 cm³/mol. The highest BCUT2D eigenvalue weighted by atomic mass is 16.5. The zero-order valence-corrected chi connectivity index (χ0v) is 16.0. The van der Waals surface area contributed by atoms with E-state index in [9.17, 15) is 19.5 Å². The van der Waals surface area contributed by atoms with E-state index in [0.717, 1.165) is 11.1 Å². The maximum Gasteiger partial charge on any atom is 0.274 e. The number of carbonyl (C=O) groups excluding carboxylic acids is 3. The van der Waals surface area contributed by atoms with Crippen LogP contribution in [0.1, 0.15) is 34.3 Å². The van der Waals surface area contributed by atoms with Gasteiger partial charge in [0.25, 0.3) is 5.91 Å². The van der Waals surface area contributed by atoms with Crippen LogP contribution in [0.4, 0.5) is 0 Å². The number of benzene rings is 1. The van der Waals surface area contributed by atoms with Gasteiger partial charge in [-0.05, 0) is 26.3 Å². The lowest BCUT2D eigenvalue weighted by molar-refractivity contribution is -0.128. The number of aryl methyl sites for hydroxylation is 2. The van der Waals surface area contributed by atoms with Crippen LogP contribution < -0.4 is 16.0 Å². The Morgan fingerprint density at radius 2 is 1.82 bits per heavy atom. The molecule has 3 amide bonds. The lowest BCUT2D eigenvalue weighted by atomic mass is 10.1. The molecule has 1 heterocycles. The molecule has 2 rings (SSSR count). The second-order valence-electron chi connectivity index (χ2n) is 6.49. The molecular formula is C19H24N4O5. The van der Waals surface area contributed by atoms with E-state index in [4.69, 9.17) is 4.52 Å². The summed E-state index contributed by atoms with van der Waals surface area (Å²) in [4.78, 5) is 36.3. The van der Waals surface area contributed by atoms with Crippen LogP contribution in [-0.2, 0) is 16.1 Å². The fourth-order valence-electron chi connectivity index (χ4n) is 2.34. The minimum absolute atomic E-state index is 0.00760. The maximum absolute atomic E-state index is 12.3. The average molecular weight is 388 g/mol. The highest BCUT2D eigenvalue weighted by Crippen LogP contribution is 2.04. The highest BCUT2D eigenvalue weighted by molar-refractivity contribution is 5.97. The van der Waals surface area contributed by atoms with E-state index >= 15 is 0 Å². The number of aliphatic hydroxyl groups excluding tert-OH is 1. The standard InChI is InChI=1S/C19H24N4O5/c1-11-4-6-14(7-5-11)9-20-16(25)10-21-19(27)17(13(3)24)22-18(26)15-8-12(2)28-23-15/h4-8,13,17,24H,9-10H2,1-3H3,(H,20,25)(H,21,27)(H,22,26)/t13-,17+/m1/s1. The van der Waals surface area contributed by atoms with Crippen molar-refractivity contribution in [1.29, 1.82) is 0 Å². The van der Waals surface area contributed by atoms with Crippen molar-refractivity contribution in [1.82, 2.24) is 21.1 Å². The zero-order valence-electron chi connectivity index (χ0n) is 16.0. The first kappa shape index (κ1) is 21.1. The molecule has 0 fully saturated rings. The summed E-state index contributed by atoms with van der Waals surface area (Å²) in [5.74, 6) is -1.30. The molecule has 1 aromatic carbocycles. The summed E-state index contributed by atoms with van der Waals surface area (Å²) < 4.78 is 4.81. The molecule has 9 heteroatoms. The lowest BCUT2D eigenvalue weighted by Gasteiger charge is -2.20. The molecule has 0 aliphatic heterocycles. The van der Waals surface area contributed by atoms with Crippen LogP contribution in [0, 0.1) is 13.8 Å². The minimum atomic E-state index is -1.24. The fraction of sp³-hybridized carbons (Fsp3) is 0.368. The summed E-state index contributed by atoms with van der Waals surface area (Å²) in [7, 11) is 0. The number of amides is 3. The van der Waals surface area contributed by atoms with Crippen LogP contribution in [0.2, 0.25) is 0 Å². The van der Waals surface area contributed by atoms with E-state index in [1.165, 1.54) is 13.0 Å². The number of rotatable bonds is 8. The minimum Gasteiger partial charge on any atom is -0.391 e. The normalized spacial score (nSPS) is 12.7.